The van der Waals surface area contributed by atoms with E-state index in [0.29, 0.717) is 6.04 Å². The van der Waals surface area contributed by atoms with Crippen LogP contribution in [0, 0.1) is 0 Å². The van der Waals surface area contributed by atoms with Crippen LogP contribution in [0.25, 0.3) is 11.1 Å². The van der Waals surface area contributed by atoms with Crippen molar-refractivity contribution < 1.29 is 4.74 Å². The smallest absolute Gasteiger partial charge is 0.119 e. The molecule has 0 radical (unpaired) electrons. The largest absolute Gasteiger partial charge is 0.497 e. The van der Waals surface area contributed by atoms with Gasteiger partial charge in [-0.2, -0.15) is 0 Å². The van der Waals surface area contributed by atoms with Gasteiger partial charge in [0.05, 0.1) is 7.11 Å². The Hall–Kier alpha value is -1.80. The van der Waals surface area contributed by atoms with Crippen LogP contribution < -0.4 is 10.1 Å². The summed E-state index contributed by atoms with van der Waals surface area (Å²) < 4.78 is 5.29. The van der Waals surface area contributed by atoms with E-state index in [4.69, 9.17) is 4.74 Å². The van der Waals surface area contributed by atoms with Gasteiger partial charge in [-0.3, -0.25) is 0 Å². The maximum atomic E-state index is 5.29. The first-order valence-electron chi connectivity index (χ1n) is 7.22. The van der Waals surface area contributed by atoms with Gasteiger partial charge in [-0.25, -0.2) is 0 Å². The number of hydrogen-bond donors (Lipinski definition) is 1. The van der Waals surface area contributed by atoms with Crippen molar-refractivity contribution in [1.29, 1.82) is 0 Å². The van der Waals surface area contributed by atoms with Crippen molar-refractivity contribution in [3.8, 4) is 16.9 Å². The van der Waals surface area contributed by atoms with Crippen LogP contribution in [0.2, 0.25) is 0 Å². The summed E-state index contributed by atoms with van der Waals surface area (Å²) >= 11 is 0. The van der Waals surface area contributed by atoms with Crippen molar-refractivity contribution in [3.05, 3.63) is 54.1 Å². The number of nitrogens with one attached hydrogen (secondary N) is 1. The number of rotatable bonds is 6. The molecule has 0 aliphatic carbocycles. The topological polar surface area (TPSA) is 21.3 Å². The van der Waals surface area contributed by atoms with Crippen LogP contribution in [0.15, 0.2) is 48.5 Å². The minimum atomic E-state index is 0.375. The molecule has 2 aromatic carbocycles. The normalized spacial score (nSPS) is 12.2. The van der Waals surface area contributed by atoms with Crippen molar-refractivity contribution in [2.45, 2.75) is 26.3 Å². The Bertz CT molecular complexity index is 551. The predicted molar refractivity (Wildman–Crippen MR) is 85.1 cm³/mol. The monoisotopic (exact) mass is 269 g/mol. The van der Waals surface area contributed by atoms with Gasteiger partial charge in [-0.1, -0.05) is 37.3 Å². The van der Waals surface area contributed by atoms with Gasteiger partial charge < -0.3 is 10.1 Å². The van der Waals surface area contributed by atoms with Crippen LogP contribution in [0.3, 0.4) is 0 Å². The highest BCUT2D eigenvalue weighted by atomic mass is 16.5. The third-order valence-electron chi connectivity index (χ3n) is 3.49. The van der Waals surface area contributed by atoms with Gasteiger partial charge in [0.15, 0.2) is 0 Å². The summed E-state index contributed by atoms with van der Waals surface area (Å²) in [7, 11) is 1.70. The Morgan fingerprint density at radius 3 is 2.45 bits per heavy atom. The second-order valence-corrected chi connectivity index (χ2v) is 5.03. The fourth-order valence-corrected chi connectivity index (χ4v) is 2.27. The number of methoxy groups -OCH3 is 1. The average Bonchev–Trinajstić information content (AvgIpc) is 2.52. The summed E-state index contributed by atoms with van der Waals surface area (Å²) in [6, 6.07) is 17.3. The van der Waals surface area contributed by atoms with Crippen LogP contribution >= 0.6 is 0 Å². The summed E-state index contributed by atoms with van der Waals surface area (Å²) in [5.74, 6) is 0.894. The van der Waals surface area contributed by atoms with E-state index in [2.05, 4.69) is 55.6 Å². The highest BCUT2D eigenvalue weighted by Crippen LogP contribution is 2.26. The summed E-state index contributed by atoms with van der Waals surface area (Å²) in [4.78, 5) is 0. The lowest BCUT2D eigenvalue weighted by molar-refractivity contribution is 0.415. The van der Waals surface area contributed by atoms with E-state index < -0.39 is 0 Å². The molecule has 2 aromatic rings. The highest BCUT2D eigenvalue weighted by molar-refractivity contribution is 5.65. The van der Waals surface area contributed by atoms with E-state index in [1.54, 1.807) is 7.11 Å². The molecule has 2 rings (SSSR count). The first kappa shape index (κ1) is 14.6. The first-order valence-corrected chi connectivity index (χ1v) is 7.22. The molecule has 2 nitrogen and oxygen atoms in total. The molecule has 0 heterocycles. The van der Waals surface area contributed by atoms with Crippen molar-refractivity contribution in [2.24, 2.45) is 0 Å². The second-order valence-electron chi connectivity index (χ2n) is 5.03. The van der Waals surface area contributed by atoms with E-state index in [1.807, 2.05) is 12.1 Å². The van der Waals surface area contributed by atoms with E-state index >= 15 is 0 Å². The quantitative estimate of drug-likeness (QED) is 0.838. The third-order valence-corrected chi connectivity index (χ3v) is 3.49. The molecule has 0 saturated heterocycles. The van der Waals surface area contributed by atoms with Gasteiger partial charge in [0.2, 0.25) is 0 Å². The van der Waals surface area contributed by atoms with Gasteiger partial charge in [-0.05, 0) is 54.8 Å². The molecule has 0 fully saturated rings. The van der Waals surface area contributed by atoms with E-state index in [0.717, 1.165) is 18.7 Å². The molecule has 0 spiro atoms. The molecule has 0 aromatic heterocycles. The number of benzene rings is 2. The van der Waals surface area contributed by atoms with Crippen LogP contribution in [0.4, 0.5) is 0 Å². The molecule has 106 valence electrons. The zero-order chi connectivity index (χ0) is 14.4. The summed E-state index contributed by atoms with van der Waals surface area (Å²) in [6.07, 6.45) is 1.15. The number of hydrogen-bond acceptors (Lipinski definition) is 2. The molecule has 0 bridgehead atoms. The SMILES string of the molecule is CCCNC(C)c1cccc(-c2cccc(OC)c2)c1. The molecule has 1 unspecified atom stereocenters. The van der Waals surface area contributed by atoms with Gasteiger partial charge >= 0.3 is 0 Å². The lowest BCUT2D eigenvalue weighted by atomic mass is 10.00. The lowest BCUT2D eigenvalue weighted by Gasteiger charge is -2.15. The molecule has 0 amide bonds. The lowest BCUT2D eigenvalue weighted by Crippen LogP contribution is -2.19. The molecule has 1 N–H and O–H groups in total. The van der Waals surface area contributed by atoms with Gasteiger partial charge in [-0.15, -0.1) is 0 Å². The molecule has 0 aliphatic heterocycles. The Kier molecular flexibility index (Phi) is 5.19. The minimum Gasteiger partial charge on any atom is -0.497 e. The maximum absolute atomic E-state index is 5.29. The Morgan fingerprint density at radius 1 is 1.05 bits per heavy atom. The molecule has 2 heteroatoms. The Labute approximate surface area is 121 Å². The van der Waals surface area contributed by atoms with Gasteiger partial charge in [0.1, 0.15) is 5.75 Å². The summed E-state index contributed by atoms with van der Waals surface area (Å²) in [5, 5.41) is 3.53. The standard InChI is InChI=1S/C18H23NO/c1-4-11-19-14(2)15-7-5-8-16(12-15)17-9-6-10-18(13-17)20-3/h5-10,12-14,19H,4,11H2,1-3H3. The van der Waals surface area contributed by atoms with E-state index in [1.165, 1.54) is 16.7 Å². The molecular formula is C18H23NO. The van der Waals surface area contributed by atoms with E-state index in [9.17, 15) is 0 Å². The van der Waals surface area contributed by atoms with Crippen LogP contribution in [-0.4, -0.2) is 13.7 Å². The Morgan fingerprint density at radius 2 is 1.75 bits per heavy atom. The van der Waals surface area contributed by atoms with E-state index in [-0.39, 0.29) is 0 Å². The van der Waals surface area contributed by atoms with Crippen molar-refractivity contribution in [3.63, 3.8) is 0 Å². The minimum absolute atomic E-state index is 0.375. The fourth-order valence-electron chi connectivity index (χ4n) is 2.27. The van der Waals surface area contributed by atoms with Gasteiger partial charge in [0.25, 0.3) is 0 Å². The summed E-state index contributed by atoms with van der Waals surface area (Å²) in [5.41, 5.74) is 3.74. The molecule has 0 aliphatic rings. The average molecular weight is 269 g/mol. The zero-order valence-electron chi connectivity index (χ0n) is 12.5. The second kappa shape index (κ2) is 7.11. The van der Waals surface area contributed by atoms with Crippen molar-refractivity contribution in [1.82, 2.24) is 5.32 Å². The predicted octanol–water partition coefficient (Wildman–Crippen LogP) is 4.42. The maximum Gasteiger partial charge on any atom is 0.119 e. The third kappa shape index (κ3) is 3.61. The summed E-state index contributed by atoms with van der Waals surface area (Å²) in [6.45, 7) is 5.44. The highest BCUT2D eigenvalue weighted by Gasteiger charge is 2.06. The molecular weight excluding hydrogens is 246 g/mol. The molecule has 1 atom stereocenters. The van der Waals surface area contributed by atoms with Gasteiger partial charge in [0, 0.05) is 6.04 Å². The van der Waals surface area contributed by atoms with Crippen molar-refractivity contribution >= 4 is 0 Å². The fraction of sp³-hybridized carbons (Fsp3) is 0.333. The van der Waals surface area contributed by atoms with Crippen molar-refractivity contribution in [2.75, 3.05) is 13.7 Å². The Balaban J connectivity index is 2.24. The number of ether oxygens (including phenoxy) is 1. The van der Waals surface area contributed by atoms with Crippen LogP contribution in [0.1, 0.15) is 31.9 Å². The molecule has 20 heavy (non-hydrogen) atoms. The molecule has 0 saturated carbocycles. The first-order chi connectivity index (χ1) is 9.74. The van der Waals surface area contributed by atoms with Crippen LogP contribution in [-0.2, 0) is 0 Å². The zero-order valence-corrected chi connectivity index (χ0v) is 12.5. The van der Waals surface area contributed by atoms with Crippen LogP contribution in [0.5, 0.6) is 5.75 Å².